The zero-order valence-corrected chi connectivity index (χ0v) is 23.5. The Balaban J connectivity index is 1.42. The number of hydrogen-bond acceptors (Lipinski definition) is 7. The van der Waals surface area contributed by atoms with E-state index in [1.54, 1.807) is 48.4 Å². The molecule has 10 nitrogen and oxygen atoms in total. The molecule has 1 aromatic carbocycles. The Morgan fingerprint density at radius 2 is 1.90 bits per heavy atom. The number of nitrogens with zero attached hydrogens (tertiary/aromatic N) is 6. The number of benzene rings is 1. The molecule has 0 bridgehead atoms. The number of amides is 1. The third-order valence-corrected chi connectivity index (χ3v) is 7.11. The van der Waals surface area contributed by atoms with Crippen LogP contribution in [0, 0.1) is 5.82 Å². The zero-order chi connectivity index (χ0) is 28.8. The highest BCUT2D eigenvalue weighted by Gasteiger charge is 2.30. The summed E-state index contributed by atoms with van der Waals surface area (Å²) in [5, 5.41) is 6.92. The second-order valence-corrected chi connectivity index (χ2v) is 11.3. The van der Waals surface area contributed by atoms with E-state index in [0.717, 1.165) is 0 Å². The SMILES string of the molecule is CC(C)(C)OC(=O)N1CCC(n2c(=O)n(Cc3ccc(-c4nnc(C(F)F)o4)cn3)c3cc(F)c(Br)cc32)CC1. The third-order valence-electron chi connectivity index (χ3n) is 6.51. The van der Waals surface area contributed by atoms with E-state index in [9.17, 15) is 22.8 Å². The van der Waals surface area contributed by atoms with Gasteiger partial charge in [0.2, 0.25) is 5.89 Å². The van der Waals surface area contributed by atoms with Crippen LogP contribution in [0.1, 0.15) is 57.7 Å². The van der Waals surface area contributed by atoms with Crippen molar-refractivity contribution in [1.29, 1.82) is 0 Å². The monoisotopic (exact) mass is 622 g/mol. The van der Waals surface area contributed by atoms with E-state index in [1.165, 1.54) is 16.8 Å². The zero-order valence-electron chi connectivity index (χ0n) is 21.9. The summed E-state index contributed by atoms with van der Waals surface area (Å²) in [6, 6.07) is 5.83. The van der Waals surface area contributed by atoms with Gasteiger partial charge in [-0.25, -0.2) is 14.0 Å². The minimum absolute atomic E-state index is 0.0343. The molecule has 40 heavy (non-hydrogen) atoms. The van der Waals surface area contributed by atoms with E-state index in [4.69, 9.17) is 9.15 Å². The van der Waals surface area contributed by atoms with Crippen LogP contribution in [0.5, 0.6) is 0 Å². The van der Waals surface area contributed by atoms with E-state index in [2.05, 4.69) is 31.1 Å². The number of halogens is 4. The molecule has 4 heterocycles. The number of hydrogen-bond donors (Lipinski definition) is 0. The fourth-order valence-corrected chi connectivity index (χ4v) is 4.99. The molecular weight excluding hydrogens is 597 g/mol. The van der Waals surface area contributed by atoms with Crippen LogP contribution in [-0.4, -0.2) is 54.0 Å². The number of carbonyl (C=O) groups excluding carboxylic acids is 1. The number of ether oxygens (including phenoxy) is 1. The molecule has 1 saturated heterocycles. The molecule has 1 aliphatic rings. The Bertz CT molecular complexity index is 1600. The number of likely N-dealkylation sites (tertiary alicyclic amines) is 1. The summed E-state index contributed by atoms with van der Waals surface area (Å²) in [7, 11) is 0. The fourth-order valence-electron chi connectivity index (χ4n) is 4.66. The van der Waals surface area contributed by atoms with Crippen LogP contribution in [0.4, 0.5) is 18.0 Å². The third kappa shape index (κ3) is 5.62. The first-order chi connectivity index (χ1) is 18.9. The molecule has 212 valence electrons. The summed E-state index contributed by atoms with van der Waals surface area (Å²) >= 11 is 3.22. The molecule has 1 aliphatic heterocycles. The number of rotatable bonds is 5. The summed E-state index contributed by atoms with van der Waals surface area (Å²) < 4.78 is 53.9. The number of pyridine rings is 1. The quantitative estimate of drug-likeness (QED) is 0.280. The van der Waals surface area contributed by atoms with Gasteiger partial charge in [-0.05, 0) is 67.7 Å². The Hall–Kier alpha value is -3.68. The van der Waals surface area contributed by atoms with Crippen molar-refractivity contribution in [2.75, 3.05) is 13.1 Å². The lowest BCUT2D eigenvalue weighted by Gasteiger charge is -2.33. The highest BCUT2D eigenvalue weighted by Crippen LogP contribution is 2.30. The van der Waals surface area contributed by atoms with Gasteiger partial charge in [-0.2, -0.15) is 8.78 Å². The summed E-state index contributed by atoms with van der Waals surface area (Å²) in [5.41, 5.74) is 0.806. The first-order valence-corrected chi connectivity index (χ1v) is 13.3. The van der Waals surface area contributed by atoms with E-state index >= 15 is 0 Å². The minimum Gasteiger partial charge on any atom is -0.444 e. The van der Waals surface area contributed by atoms with Crippen molar-refractivity contribution in [3.05, 3.63) is 62.8 Å². The Kier molecular flexibility index (Phi) is 7.46. The van der Waals surface area contributed by atoms with Gasteiger partial charge in [-0.15, -0.1) is 10.2 Å². The van der Waals surface area contributed by atoms with Crippen LogP contribution in [0.2, 0.25) is 0 Å². The maximum atomic E-state index is 14.6. The number of carbonyl (C=O) groups is 1. The highest BCUT2D eigenvalue weighted by molar-refractivity contribution is 9.10. The van der Waals surface area contributed by atoms with Gasteiger partial charge >= 0.3 is 18.2 Å². The molecule has 5 rings (SSSR count). The second-order valence-electron chi connectivity index (χ2n) is 10.5. The van der Waals surface area contributed by atoms with Crippen LogP contribution in [-0.2, 0) is 11.3 Å². The van der Waals surface area contributed by atoms with Crippen LogP contribution in [0.3, 0.4) is 0 Å². The Morgan fingerprint density at radius 1 is 1.18 bits per heavy atom. The molecule has 14 heteroatoms. The van der Waals surface area contributed by atoms with Crippen molar-refractivity contribution in [1.82, 2.24) is 29.2 Å². The summed E-state index contributed by atoms with van der Waals surface area (Å²) in [6.45, 7) is 6.27. The second kappa shape index (κ2) is 10.7. The summed E-state index contributed by atoms with van der Waals surface area (Å²) in [5.74, 6) is -1.41. The van der Waals surface area contributed by atoms with Gasteiger partial charge in [0.1, 0.15) is 11.4 Å². The molecule has 3 aromatic heterocycles. The first-order valence-electron chi connectivity index (χ1n) is 12.6. The molecule has 0 unspecified atom stereocenters. The number of imidazole rings is 1. The number of piperidine rings is 1. The molecule has 0 N–H and O–H groups in total. The van der Waals surface area contributed by atoms with Crippen molar-refractivity contribution >= 4 is 33.1 Å². The first kappa shape index (κ1) is 27.9. The predicted octanol–water partition coefficient (Wildman–Crippen LogP) is 5.71. The van der Waals surface area contributed by atoms with Crippen LogP contribution in [0.15, 0.2) is 44.1 Å². The van der Waals surface area contributed by atoms with Gasteiger partial charge < -0.3 is 14.1 Å². The van der Waals surface area contributed by atoms with E-state index in [1.807, 2.05) is 0 Å². The fraction of sp³-hybridized carbons (Fsp3) is 0.423. The van der Waals surface area contributed by atoms with Crippen LogP contribution in [0.25, 0.3) is 22.5 Å². The maximum absolute atomic E-state index is 14.6. The van der Waals surface area contributed by atoms with Gasteiger partial charge in [-0.1, -0.05) is 0 Å². The van der Waals surface area contributed by atoms with Gasteiger partial charge in [0.25, 0.3) is 5.89 Å². The molecule has 0 radical (unpaired) electrons. The van der Waals surface area contributed by atoms with Gasteiger partial charge in [0, 0.05) is 31.4 Å². The molecule has 4 aromatic rings. The average molecular weight is 623 g/mol. The van der Waals surface area contributed by atoms with E-state index in [-0.39, 0.29) is 28.6 Å². The van der Waals surface area contributed by atoms with Crippen molar-refractivity contribution in [2.24, 2.45) is 0 Å². The largest absolute Gasteiger partial charge is 0.444 e. The van der Waals surface area contributed by atoms with Crippen molar-refractivity contribution in [3.63, 3.8) is 0 Å². The average Bonchev–Trinajstić information content (AvgIpc) is 3.48. The maximum Gasteiger partial charge on any atom is 0.410 e. The van der Waals surface area contributed by atoms with Crippen LogP contribution < -0.4 is 5.69 Å². The Morgan fingerprint density at radius 3 is 2.50 bits per heavy atom. The number of aromatic nitrogens is 5. The standard InChI is InChI=1S/C26H26BrF3N6O4/c1-26(2,3)40-25(38)34-8-6-16(7-9-34)36-20-10-17(27)18(28)11-19(20)35(24(36)37)13-15-5-4-14(12-31-15)22-32-33-23(39-22)21(29)30/h4-5,10-12,16,21H,6-9,13H2,1-3H3. The number of fused-ring (bicyclic) bond motifs is 1. The normalized spacial score (nSPS) is 14.8. The number of alkyl halides is 2. The summed E-state index contributed by atoms with van der Waals surface area (Å²) in [4.78, 5) is 32.2. The predicted molar refractivity (Wildman–Crippen MR) is 142 cm³/mol. The van der Waals surface area contributed by atoms with E-state index < -0.39 is 29.8 Å². The molecule has 0 atom stereocenters. The molecule has 1 amide bonds. The lowest BCUT2D eigenvalue weighted by Crippen LogP contribution is -2.43. The molecule has 1 fully saturated rings. The lowest BCUT2D eigenvalue weighted by atomic mass is 10.0. The molecule has 0 spiro atoms. The van der Waals surface area contributed by atoms with Crippen molar-refractivity contribution < 1.29 is 27.1 Å². The topological polar surface area (TPSA) is 108 Å². The van der Waals surface area contributed by atoms with Gasteiger partial charge in [-0.3, -0.25) is 14.1 Å². The van der Waals surface area contributed by atoms with Crippen molar-refractivity contribution in [3.8, 4) is 11.5 Å². The summed E-state index contributed by atoms with van der Waals surface area (Å²) in [6.07, 6.45) is -0.865. The molecular formula is C26H26BrF3N6O4. The molecule has 0 aliphatic carbocycles. The molecule has 0 saturated carbocycles. The minimum atomic E-state index is -2.89. The van der Waals surface area contributed by atoms with E-state index in [0.29, 0.717) is 48.2 Å². The van der Waals surface area contributed by atoms with Crippen LogP contribution >= 0.6 is 15.9 Å². The van der Waals surface area contributed by atoms with Gasteiger partial charge in [0.15, 0.2) is 0 Å². The highest BCUT2D eigenvalue weighted by atomic mass is 79.9. The van der Waals surface area contributed by atoms with Crippen molar-refractivity contribution in [2.45, 2.75) is 58.2 Å². The lowest BCUT2D eigenvalue weighted by molar-refractivity contribution is 0.0188. The van der Waals surface area contributed by atoms with Gasteiger partial charge in [0.05, 0.1) is 33.3 Å². The smallest absolute Gasteiger partial charge is 0.410 e. The Labute approximate surface area is 234 Å².